The van der Waals surface area contributed by atoms with Gasteiger partial charge in [-0.3, -0.25) is 4.79 Å². The normalized spacial score (nSPS) is 16.6. The molecule has 0 saturated carbocycles. The van der Waals surface area contributed by atoms with Crippen molar-refractivity contribution >= 4 is 18.3 Å². The maximum absolute atomic E-state index is 14.6. The summed E-state index contributed by atoms with van der Waals surface area (Å²) in [6.07, 6.45) is 1.94. The highest BCUT2D eigenvalue weighted by atomic mass is 35.5. The van der Waals surface area contributed by atoms with Crippen LogP contribution in [0.4, 0.5) is 4.39 Å². The fourth-order valence-corrected chi connectivity index (χ4v) is 3.32. The van der Waals surface area contributed by atoms with Gasteiger partial charge in [0, 0.05) is 19.1 Å². The van der Waals surface area contributed by atoms with Crippen LogP contribution >= 0.6 is 12.4 Å². The Labute approximate surface area is 154 Å². The third-order valence-corrected chi connectivity index (χ3v) is 4.66. The van der Waals surface area contributed by atoms with E-state index in [-0.39, 0.29) is 29.9 Å². The van der Waals surface area contributed by atoms with Gasteiger partial charge in [0.15, 0.2) is 0 Å². The molecule has 1 aliphatic rings. The Hall–Kier alpha value is -1.91. The van der Waals surface area contributed by atoms with Crippen LogP contribution in [0.5, 0.6) is 0 Å². The second-order valence-corrected chi connectivity index (χ2v) is 6.41. The molecule has 0 radical (unpaired) electrons. The van der Waals surface area contributed by atoms with E-state index >= 15 is 0 Å². The van der Waals surface area contributed by atoms with Gasteiger partial charge in [-0.15, -0.1) is 12.4 Å². The number of nitrogens with one attached hydrogen (secondary N) is 1. The highest BCUT2D eigenvalue weighted by molar-refractivity contribution is 5.95. The van der Waals surface area contributed by atoms with Gasteiger partial charge in [0.25, 0.3) is 5.91 Å². The Kier molecular flexibility index (Phi) is 6.57. The second kappa shape index (κ2) is 8.45. The summed E-state index contributed by atoms with van der Waals surface area (Å²) in [7, 11) is 1.87. The van der Waals surface area contributed by atoms with Crippen LogP contribution in [0.1, 0.15) is 28.8 Å². The zero-order chi connectivity index (χ0) is 17.1. The summed E-state index contributed by atoms with van der Waals surface area (Å²) in [5.74, 6) is -0.658. The minimum absolute atomic E-state index is 0. The number of likely N-dealkylation sites (N-methyl/N-ethyl adjacent to an activating group) is 1. The first-order valence-corrected chi connectivity index (χ1v) is 8.42. The lowest BCUT2D eigenvalue weighted by Gasteiger charge is -2.25. The van der Waals surface area contributed by atoms with Crippen LogP contribution in [-0.2, 0) is 0 Å². The van der Waals surface area contributed by atoms with E-state index in [1.165, 1.54) is 6.07 Å². The predicted octanol–water partition coefficient (Wildman–Crippen LogP) is 4.05. The van der Waals surface area contributed by atoms with Crippen molar-refractivity contribution in [3.05, 3.63) is 59.4 Å². The van der Waals surface area contributed by atoms with E-state index in [1.54, 1.807) is 11.0 Å². The number of amides is 1. The van der Waals surface area contributed by atoms with Crippen LogP contribution in [0, 0.1) is 12.7 Å². The number of likely N-dealkylation sites (tertiary alicyclic amines) is 1. The molecule has 1 saturated heterocycles. The SMILES string of the molecule is CNCC1CCCN1C(=O)c1ccc(-c2ccc(C)cc2)cc1F.Cl. The third kappa shape index (κ3) is 4.20. The van der Waals surface area contributed by atoms with Crippen LogP contribution < -0.4 is 5.32 Å². The summed E-state index contributed by atoms with van der Waals surface area (Å²) in [4.78, 5) is 14.5. The topological polar surface area (TPSA) is 32.3 Å². The number of aryl methyl sites for hydroxylation is 1. The Balaban J connectivity index is 0.00000225. The van der Waals surface area contributed by atoms with Crippen molar-refractivity contribution in [3.8, 4) is 11.1 Å². The predicted molar refractivity (Wildman–Crippen MR) is 102 cm³/mol. The van der Waals surface area contributed by atoms with E-state index in [0.717, 1.165) is 36.1 Å². The lowest BCUT2D eigenvalue weighted by Crippen LogP contribution is -2.41. The van der Waals surface area contributed by atoms with Gasteiger partial charge in [-0.25, -0.2) is 4.39 Å². The average molecular weight is 363 g/mol. The first kappa shape index (κ1) is 19.4. The zero-order valence-electron chi connectivity index (χ0n) is 14.6. The van der Waals surface area contributed by atoms with Crippen molar-refractivity contribution in [1.29, 1.82) is 0 Å². The molecule has 2 aromatic rings. The van der Waals surface area contributed by atoms with E-state index in [0.29, 0.717) is 6.54 Å². The molecule has 0 aromatic heterocycles. The van der Waals surface area contributed by atoms with Crippen LogP contribution in [-0.4, -0.2) is 37.0 Å². The molecule has 25 heavy (non-hydrogen) atoms. The van der Waals surface area contributed by atoms with Crippen molar-refractivity contribution < 1.29 is 9.18 Å². The van der Waals surface area contributed by atoms with Crippen LogP contribution in [0.15, 0.2) is 42.5 Å². The Morgan fingerprint density at radius 3 is 2.52 bits per heavy atom. The summed E-state index contributed by atoms with van der Waals surface area (Å²) in [6.45, 7) is 3.46. The smallest absolute Gasteiger partial charge is 0.257 e. The van der Waals surface area contributed by atoms with Gasteiger partial charge in [0.2, 0.25) is 0 Å². The number of carbonyl (C=O) groups is 1. The Bertz CT molecular complexity index is 733. The fraction of sp³-hybridized carbons (Fsp3) is 0.350. The van der Waals surface area contributed by atoms with Crippen molar-refractivity contribution in [2.24, 2.45) is 0 Å². The molecule has 0 spiro atoms. The molecule has 3 rings (SSSR count). The molecule has 3 nitrogen and oxygen atoms in total. The number of halogens is 2. The van der Waals surface area contributed by atoms with Gasteiger partial charge in [-0.05, 0) is 50.1 Å². The number of nitrogens with zero attached hydrogens (tertiary/aromatic N) is 1. The molecule has 1 heterocycles. The molecule has 2 aromatic carbocycles. The standard InChI is InChI=1S/C20H23FN2O.ClH/c1-14-5-7-15(8-6-14)16-9-10-18(19(21)12-16)20(24)23-11-3-4-17(23)13-22-2;/h5-10,12,17,22H,3-4,11,13H2,1-2H3;1H. The van der Waals surface area contributed by atoms with E-state index in [9.17, 15) is 9.18 Å². The molecule has 1 atom stereocenters. The minimum atomic E-state index is -0.451. The molecule has 0 bridgehead atoms. The highest BCUT2D eigenvalue weighted by Crippen LogP contribution is 2.25. The molecule has 1 unspecified atom stereocenters. The fourth-order valence-electron chi connectivity index (χ4n) is 3.32. The van der Waals surface area contributed by atoms with Crippen molar-refractivity contribution in [2.75, 3.05) is 20.1 Å². The second-order valence-electron chi connectivity index (χ2n) is 6.41. The Morgan fingerprint density at radius 2 is 1.88 bits per heavy atom. The molecule has 1 aliphatic heterocycles. The maximum Gasteiger partial charge on any atom is 0.257 e. The first-order chi connectivity index (χ1) is 11.6. The van der Waals surface area contributed by atoms with Crippen molar-refractivity contribution in [3.63, 3.8) is 0 Å². The number of rotatable bonds is 4. The summed E-state index contributed by atoms with van der Waals surface area (Å²) in [5, 5.41) is 3.11. The molecule has 5 heteroatoms. The van der Waals surface area contributed by atoms with E-state index in [4.69, 9.17) is 0 Å². The van der Waals surface area contributed by atoms with Crippen LogP contribution in [0.25, 0.3) is 11.1 Å². The maximum atomic E-state index is 14.6. The van der Waals surface area contributed by atoms with E-state index < -0.39 is 5.82 Å². The van der Waals surface area contributed by atoms with Crippen LogP contribution in [0.2, 0.25) is 0 Å². The van der Waals surface area contributed by atoms with Gasteiger partial charge in [0.05, 0.1) is 5.56 Å². The minimum Gasteiger partial charge on any atom is -0.334 e. The van der Waals surface area contributed by atoms with E-state index in [1.807, 2.05) is 44.3 Å². The lowest BCUT2D eigenvalue weighted by molar-refractivity contribution is 0.0732. The number of carbonyl (C=O) groups excluding carboxylic acids is 1. The van der Waals surface area contributed by atoms with Gasteiger partial charge >= 0.3 is 0 Å². The molecule has 1 amide bonds. The Morgan fingerprint density at radius 1 is 1.20 bits per heavy atom. The highest BCUT2D eigenvalue weighted by Gasteiger charge is 2.30. The molecular formula is C20H24ClFN2O. The van der Waals surface area contributed by atoms with Crippen molar-refractivity contribution in [2.45, 2.75) is 25.8 Å². The number of benzene rings is 2. The number of hydrogen-bond donors (Lipinski definition) is 1. The van der Waals surface area contributed by atoms with Crippen LogP contribution in [0.3, 0.4) is 0 Å². The lowest BCUT2D eigenvalue weighted by atomic mass is 10.0. The first-order valence-electron chi connectivity index (χ1n) is 8.42. The van der Waals surface area contributed by atoms with Gasteiger partial charge in [-0.1, -0.05) is 35.9 Å². The monoisotopic (exact) mass is 362 g/mol. The summed E-state index contributed by atoms with van der Waals surface area (Å²) >= 11 is 0. The third-order valence-electron chi connectivity index (χ3n) is 4.66. The molecule has 1 N–H and O–H groups in total. The van der Waals surface area contributed by atoms with Gasteiger partial charge in [0.1, 0.15) is 5.82 Å². The van der Waals surface area contributed by atoms with Crippen molar-refractivity contribution in [1.82, 2.24) is 10.2 Å². The van der Waals surface area contributed by atoms with Gasteiger partial charge in [-0.2, -0.15) is 0 Å². The summed E-state index contributed by atoms with van der Waals surface area (Å²) in [6, 6.07) is 13.0. The zero-order valence-corrected chi connectivity index (χ0v) is 15.4. The van der Waals surface area contributed by atoms with Gasteiger partial charge < -0.3 is 10.2 Å². The summed E-state index contributed by atoms with van der Waals surface area (Å²) < 4.78 is 14.6. The summed E-state index contributed by atoms with van der Waals surface area (Å²) in [5.41, 5.74) is 3.06. The quantitative estimate of drug-likeness (QED) is 0.890. The number of hydrogen-bond acceptors (Lipinski definition) is 2. The molecular weight excluding hydrogens is 339 g/mol. The largest absolute Gasteiger partial charge is 0.334 e. The molecule has 134 valence electrons. The molecule has 1 fully saturated rings. The average Bonchev–Trinajstić information content (AvgIpc) is 3.03. The van der Waals surface area contributed by atoms with E-state index in [2.05, 4.69) is 5.32 Å². The molecule has 0 aliphatic carbocycles.